The van der Waals surface area contributed by atoms with Gasteiger partial charge < -0.3 is 14.4 Å². The predicted octanol–water partition coefficient (Wildman–Crippen LogP) is 1.60. The lowest BCUT2D eigenvalue weighted by Gasteiger charge is -2.38. The van der Waals surface area contributed by atoms with Crippen molar-refractivity contribution in [3.63, 3.8) is 0 Å². The second kappa shape index (κ2) is 5.12. The van der Waals surface area contributed by atoms with Crippen molar-refractivity contribution in [1.29, 1.82) is 0 Å². The molecule has 1 aromatic carbocycles. The van der Waals surface area contributed by atoms with E-state index in [0.29, 0.717) is 29.9 Å². The maximum absolute atomic E-state index is 12.9. The molecule has 3 aliphatic rings. The van der Waals surface area contributed by atoms with E-state index in [-0.39, 0.29) is 30.0 Å². The molecule has 2 saturated heterocycles. The summed E-state index contributed by atoms with van der Waals surface area (Å²) < 4.78 is 34.3. The smallest absolute Gasteiger partial charge is 0.254 e. The fourth-order valence-electron chi connectivity index (χ4n) is 3.99. The zero-order valence-electron chi connectivity index (χ0n) is 12.9. The van der Waals surface area contributed by atoms with Gasteiger partial charge in [-0.05, 0) is 43.9 Å². The molecule has 2 atom stereocenters. The van der Waals surface area contributed by atoms with Crippen molar-refractivity contribution in [3.8, 4) is 11.5 Å². The second-order valence-corrected chi connectivity index (χ2v) is 8.91. The Labute approximate surface area is 135 Å². The van der Waals surface area contributed by atoms with Gasteiger partial charge in [0.1, 0.15) is 9.84 Å². The molecule has 2 unspecified atom stereocenters. The highest BCUT2D eigenvalue weighted by atomic mass is 32.2. The van der Waals surface area contributed by atoms with Crippen LogP contribution >= 0.6 is 0 Å². The van der Waals surface area contributed by atoms with Gasteiger partial charge in [0.25, 0.3) is 5.91 Å². The number of ether oxygens (including phenoxy) is 2. The summed E-state index contributed by atoms with van der Waals surface area (Å²) in [4.78, 5) is 14.8. The van der Waals surface area contributed by atoms with Gasteiger partial charge in [0.05, 0.1) is 5.25 Å². The molecular weight excluding hydrogens is 318 g/mol. The number of piperidine rings is 1. The largest absolute Gasteiger partial charge is 0.454 e. The van der Waals surface area contributed by atoms with Gasteiger partial charge >= 0.3 is 0 Å². The van der Waals surface area contributed by atoms with Crippen molar-refractivity contribution >= 4 is 15.7 Å². The van der Waals surface area contributed by atoms with Crippen LogP contribution in [0.15, 0.2) is 18.2 Å². The molecular formula is C16H19NO5S. The van der Waals surface area contributed by atoms with Crippen LogP contribution in [0.3, 0.4) is 0 Å². The normalized spacial score (nSPS) is 28.9. The molecule has 0 saturated carbocycles. The number of hydrogen-bond acceptors (Lipinski definition) is 5. The van der Waals surface area contributed by atoms with Gasteiger partial charge in [0.2, 0.25) is 6.79 Å². The third-order valence-electron chi connectivity index (χ3n) is 5.15. The minimum atomic E-state index is -3.05. The van der Waals surface area contributed by atoms with Crippen LogP contribution in [-0.2, 0) is 9.84 Å². The predicted molar refractivity (Wildman–Crippen MR) is 83.4 cm³/mol. The van der Waals surface area contributed by atoms with Crippen molar-refractivity contribution in [2.75, 3.05) is 13.0 Å². The third-order valence-corrected chi connectivity index (χ3v) is 6.75. The number of carbonyl (C=O) groups is 1. The van der Waals surface area contributed by atoms with Gasteiger partial charge in [0, 0.05) is 23.9 Å². The Bertz CT molecular complexity index is 746. The van der Waals surface area contributed by atoms with Crippen LogP contribution in [-0.4, -0.2) is 49.6 Å². The molecule has 2 bridgehead atoms. The summed E-state index contributed by atoms with van der Waals surface area (Å²) in [5, 5.41) is -0.319. The first kappa shape index (κ1) is 14.8. The molecule has 0 N–H and O–H groups in total. The Morgan fingerprint density at radius 2 is 1.78 bits per heavy atom. The molecule has 7 heteroatoms. The highest BCUT2D eigenvalue weighted by molar-refractivity contribution is 7.91. The van der Waals surface area contributed by atoms with Gasteiger partial charge in [-0.3, -0.25) is 4.79 Å². The minimum Gasteiger partial charge on any atom is -0.454 e. The zero-order chi connectivity index (χ0) is 16.2. The number of sulfone groups is 1. The summed E-state index contributed by atoms with van der Waals surface area (Å²) in [6, 6.07) is 5.25. The van der Waals surface area contributed by atoms with Crippen LogP contribution in [0.2, 0.25) is 0 Å². The van der Waals surface area contributed by atoms with E-state index in [0.717, 1.165) is 12.8 Å². The topological polar surface area (TPSA) is 72.9 Å². The first-order chi connectivity index (χ1) is 10.9. The lowest BCUT2D eigenvalue weighted by molar-refractivity contribution is 0.0598. The van der Waals surface area contributed by atoms with Crippen LogP contribution in [0.4, 0.5) is 0 Å². The Balaban J connectivity index is 1.58. The first-order valence-corrected chi connectivity index (χ1v) is 9.80. The van der Waals surface area contributed by atoms with E-state index in [2.05, 4.69) is 0 Å². The minimum absolute atomic E-state index is 0.0198. The van der Waals surface area contributed by atoms with Crippen molar-refractivity contribution in [3.05, 3.63) is 23.8 Å². The van der Waals surface area contributed by atoms with Gasteiger partial charge in [-0.25, -0.2) is 8.42 Å². The standard InChI is InChI=1S/C16H19NO5S/c1-23(19,20)13-7-11-3-4-12(8-13)17(11)16(18)10-2-5-14-15(6-10)22-9-21-14/h2,5-6,11-13H,3-4,7-9H2,1H3. The fraction of sp³-hybridized carbons (Fsp3) is 0.562. The molecule has 3 heterocycles. The number of carbonyl (C=O) groups excluding carboxylic acids is 1. The van der Waals surface area contributed by atoms with Crippen molar-refractivity contribution < 1.29 is 22.7 Å². The van der Waals surface area contributed by atoms with E-state index < -0.39 is 9.84 Å². The number of benzene rings is 1. The van der Waals surface area contributed by atoms with E-state index in [1.807, 2.05) is 4.90 Å². The Hall–Kier alpha value is -1.76. The number of fused-ring (bicyclic) bond motifs is 3. The molecule has 0 aromatic heterocycles. The maximum Gasteiger partial charge on any atom is 0.254 e. The van der Waals surface area contributed by atoms with E-state index in [4.69, 9.17) is 9.47 Å². The van der Waals surface area contributed by atoms with Gasteiger partial charge in [-0.2, -0.15) is 0 Å². The molecule has 124 valence electrons. The Morgan fingerprint density at radius 1 is 1.13 bits per heavy atom. The van der Waals surface area contributed by atoms with Crippen LogP contribution in [0.1, 0.15) is 36.0 Å². The molecule has 0 aliphatic carbocycles. The van der Waals surface area contributed by atoms with Gasteiger partial charge in [-0.15, -0.1) is 0 Å². The van der Waals surface area contributed by atoms with Gasteiger partial charge in [0.15, 0.2) is 11.5 Å². The second-order valence-electron chi connectivity index (χ2n) is 6.59. The molecule has 1 amide bonds. The van der Waals surface area contributed by atoms with E-state index in [1.165, 1.54) is 6.26 Å². The Kier molecular flexibility index (Phi) is 3.30. The number of hydrogen-bond donors (Lipinski definition) is 0. The Morgan fingerprint density at radius 3 is 2.43 bits per heavy atom. The summed E-state index contributed by atoms with van der Waals surface area (Å²) in [7, 11) is -3.05. The SMILES string of the molecule is CS(=O)(=O)C1CC2CCC(C1)N2C(=O)c1ccc2c(c1)OCO2. The summed E-state index contributed by atoms with van der Waals surface area (Å²) in [6.07, 6.45) is 4.16. The molecule has 2 fully saturated rings. The molecule has 0 radical (unpaired) electrons. The average molecular weight is 337 g/mol. The molecule has 0 spiro atoms. The van der Waals surface area contributed by atoms with Crippen LogP contribution < -0.4 is 9.47 Å². The highest BCUT2D eigenvalue weighted by Crippen LogP contribution is 2.40. The van der Waals surface area contributed by atoms with Crippen molar-refractivity contribution in [2.24, 2.45) is 0 Å². The molecule has 1 aromatic rings. The molecule has 4 rings (SSSR count). The molecule has 23 heavy (non-hydrogen) atoms. The lowest BCUT2D eigenvalue weighted by atomic mass is 10.0. The average Bonchev–Trinajstić information content (AvgIpc) is 3.06. The summed E-state index contributed by atoms with van der Waals surface area (Å²) in [5.74, 6) is 1.21. The monoisotopic (exact) mass is 337 g/mol. The fourth-order valence-corrected chi connectivity index (χ4v) is 5.13. The molecule has 3 aliphatic heterocycles. The van der Waals surface area contributed by atoms with E-state index in [9.17, 15) is 13.2 Å². The summed E-state index contributed by atoms with van der Waals surface area (Å²) >= 11 is 0. The van der Waals surface area contributed by atoms with Gasteiger partial charge in [-0.1, -0.05) is 0 Å². The van der Waals surface area contributed by atoms with Crippen LogP contribution in [0, 0.1) is 0 Å². The summed E-state index contributed by atoms with van der Waals surface area (Å²) in [6.45, 7) is 0.179. The third kappa shape index (κ3) is 2.47. The van der Waals surface area contributed by atoms with Crippen molar-refractivity contribution in [2.45, 2.75) is 43.0 Å². The number of rotatable bonds is 2. The maximum atomic E-state index is 12.9. The summed E-state index contributed by atoms with van der Waals surface area (Å²) in [5.41, 5.74) is 0.573. The lowest BCUT2D eigenvalue weighted by Crippen LogP contribution is -2.49. The van der Waals surface area contributed by atoms with E-state index >= 15 is 0 Å². The molecule has 6 nitrogen and oxygen atoms in total. The quantitative estimate of drug-likeness (QED) is 0.819. The van der Waals surface area contributed by atoms with E-state index in [1.54, 1.807) is 18.2 Å². The first-order valence-electron chi connectivity index (χ1n) is 7.84. The van der Waals surface area contributed by atoms with Crippen LogP contribution in [0.25, 0.3) is 0 Å². The van der Waals surface area contributed by atoms with Crippen LogP contribution in [0.5, 0.6) is 11.5 Å². The number of nitrogens with zero attached hydrogens (tertiary/aromatic N) is 1. The number of amides is 1. The zero-order valence-corrected chi connectivity index (χ0v) is 13.7. The highest BCUT2D eigenvalue weighted by Gasteiger charge is 2.46. The van der Waals surface area contributed by atoms with Crippen molar-refractivity contribution in [1.82, 2.24) is 4.90 Å².